The quantitative estimate of drug-likeness (QED) is 0.0792. The topological polar surface area (TPSA) is 51.2 Å². The van der Waals surface area contributed by atoms with Gasteiger partial charge in [-0.15, -0.1) is 0 Å². The van der Waals surface area contributed by atoms with E-state index in [4.69, 9.17) is 37.4 Å². The first kappa shape index (κ1) is 37.5. The summed E-state index contributed by atoms with van der Waals surface area (Å²) in [6.45, 7) is 0. The van der Waals surface area contributed by atoms with E-state index in [1.165, 1.54) is 0 Å². The molecule has 5 aromatic carbocycles. The smallest absolute Gasteiger partial charge is 0.341 e. The Bertz CT molecular complexity index is 2100. The standard InChI is InChI=1S/C42H36Br2Cl2N2O4/c1-47(2)29-17-13-25(14-18-29)33(27-9-7-11-31(21-27)50-5)23-42(36-35(41(49)52-42)37(43)39(45)40(46)38(36)44)24-34(28-10-8-12-32(22-28)51-6)26-15-19-30(20-16-26)48(3)4/h7-24H,1-6H3/b33-23-,34-24-. The maximum atomic E-state index is 14.2. The number of hydrogen-bond acceptors (Lipinski definition) is 6. The van der Waals surface area contributed by atoms with Crippen molar-refractivity contribution >= 4 is 83.6 Å². The Morgan fingerprint density at radius 1 is 0.654 bits per heavy atom. The van der Waals surface area contributed by atoms with Crippen LogP contribution in [-0.2, 0) is 10.3 Å². The van der Waals surface area contributed by atoms with Gasteiger partial charge in [0.15, 0.2) is 5.60 Å². The SMILES string of the molecule is COc1cccc(/C(=C\C2(/C=C(/c3ccc(N(C)C)cc3)c3cccc(OC)c3)OC(=O)c3c(Br)c(Cl)c(Cl)c(Br)c32)c2ccc(N(C)C)cc2)c1. The molecule has 1 aliphatic heterocycles. The highest BCUT2D eigenvalue weighted by molar-refractivity contribution is 9.11. The zero-order valence-corrected chi connectivity index (χ0v) is 34.1. The molecule has 5 aromatic rings. The molecule has 0 aliphatic carbocycles. The van der Waals surface area contributed by atoms with E-state index in [9.17, 15) is 4.79 Å². The van der Waals surface area contributed by atoms with Gasteiger partial charge in [0.05, 0.1) is 34.3 Å². The lowest BCUT2D eigenvalue weighted by atomic mass is 9.83. The second-order valence-corrected chi connectivity index (χ2v) is 15.0. The van der Waals surface area contributed by atoms with Crippen molar-refractivity contribution in [2.75, 3.05) is 52.2 Å². The van der Waals surface area contributed by atoms with Gasteiger partial charge in [0.2, 0.25) is 0 Å². The molecule has 0 spiro atoms. The number of methoxy groups -OCH3 is 2. The minimum Gasteiger partial charge on any atom is -0.497 e. The van der Waals surface area contributed by atoms with E-state index in [1.54, 1.807) is 14.2 Å². The number of carbonyl (C=O) groups is 1. The molecule has 266 valence electrons. The number of hydrogen-bond donors (Lipinski definition) is 0. The predicted molar refractivity (Wildman–Crippen MR) is 221 cm³/mol. The van der Waals surface area contributed by atoms with Crippen molar-refractivity contribution in [3.05, 3.63) is 162 Å². The maximum Gasteiger partial charge on any atom is 0.341 e. The first-order valence-corrected chi connectivity index (χ1v) is 18.6. The van der Waals surface area contributed by atoms with E-state index >= 15 is 0 Å². The third kappa shape index (κ3) is 7.22. The molecule has 0 saturated carbocycles. The number of halogens is 4. The van der Waals surface area contributed by atoms with Gasteiger partial charge in [-0.1, -0.05) is 71.7 Å². The molecule has 0 bridgehead atoms. The molecule has 0 atom stereocenters. The summed E-state index contributed by atoms with van der Waals surface area (Å²) in [6, 6.07) is 32.0. The molecule has 0 saturated heterocycles. The minimum atomic E-state index is -1.51. The molecular weight excluding hydrogens is 827 g/mol. The van der Waals surface area contributed by atoms with Crippen LogP contribution < -0.4 is 19.3 Å². The van der Waals surface area contributed by atoms with Crippen LogP contribution in [0.4, 0.5) is 11.4 Å². The first-order valence-electron chi connectivity index (χ1n) is 16.3. The zero-order valence-electron chi connectivity index (χ0n) is 29.4. The van der Waals surface area contributed by atoms with Crippen molar-refractivity contribution < 1.29 is 19.0 Å². The van der Waals surface area contributed by atoms with Gasteiger partial charge in [0.1, 0.15) is 11.5 Å². The second-order valence-electron chi connectivity index (χ2n) is 12.7. The van der Waals surface area contributed by atoms with Crippen LogP contribution in [0.25, 0.3) is 11.1 Å². The molecule has 0 fully saturated rings. The third-order valence-corrected chi connectivity index (χ3v) is 11.9. The van der Waals surface area contributed by atoms with E-state index in [0.29, 0.717) is 26.0 Å². The van der Waals surface area contributed by atoms with Crippen molar-refractivity contribution in [3.63, 3.8) is 0 Å². The largest absolute Gasteiger partial charge is 0.497 e. The lowest BCUT2D eigenvalue weighted by molar-refractivity contribution is 0.0298. The average molecular weight is 863 g/mol. The van der Waals surface area contributed by atoms with Crippen LogP contribution in [0.5, 0.6) is 11.5 Å². The summed E-state index contributed by atoms with van der Waals surface area (Å²) in [5.74, 6) is 0.798. The Hall–Kier alpha value is -4.21. The van der Waals surface area contributed by atoms with Crippen LogP contribution in [0.2, 0.25) is 10.0 Å². The summed E-state index contributed by atoms with van der Waals surface area (Å²) in [4.78, 5) is 18.3. The van der Waals surface area contributed by atoms with Crippen LogP contribution in [0, 0.1) is 0 Å². The summed E-state index contributed by atoms with van der Waals surface area (Å²) in [5.41, 5.74) is 6.42. The Morgan fingerprint density at radius 2 is 1.08 bits per heavy atom. The summed E-state index contributed by atoms with van der Waals surface area (Å²) in [7, 11) is 11.3. The molecule has 0 aromatic heterocycles. The Kier molecular flexibility index (Phi) is 11.1. The van der Waals surface area contributed by atoms with Crippen molar-refractivity contribution in [2.24, 2.45) is 0 Å². The Balaban J connectivity index is 1.76. The highest BCUT2D eigenvalue weighted by atomic mass is 79.9. The number of carbonyl (C=O) groups excluding carboxylic acids is 1. The minimum absolute atomic E-state index is 0.201. The highest BCUT2D eigenvalue weighted by Crippen LogP contribution is 2.54. The van der Waals surface area contributed by atoms with E-state index in [1.807, 2.05) is 98.7 Å². The van der Waals surface area contributed by atoms with Gasteiger partial charge in [0.25, 0.3) is 0 Å². The predicted octanol–water partition coefficient (Wildman–Crippen LogP) is 11.3. The summed E-state index contributed by atoms with van der Waals surface area (Å²) in [6.07, 6.45) is 3.96. The van der Waals surface area contributed by atoms with Crippen molar-refractivity contribution in [1.82, 2.24) is 0 Å². The fraction of sp³-hybridized carbons (Fsp3) is 0.167. The van der Waals surface area contributed by atoms with Crippen LogP contribution >= 0.6 is 55.1 Å². The molecular formula is C42H36Br2Cl2N2O4. The number of esters is 1. The Morgan fingerprint density at radius 3 is 1.48 bits per heavy atom. The van der Waals surface area contributed by atoms with Gasteiger partial charge in [-0.2, -0.15) is 0 Å². The van der Waals surface area contributed by atoms with Crippen LogP contribution in [0.1, 0.15) is 38.2 Å². The van der Waals surface area contributed by atoms with Gasteiger partial charge in [-0.3, -0.25) is 0 Å². The molecule has 1 aliphatic rings. The van der Waals surface area contributed by atoms with Crippen molar-refractivity contribution in [1.29, 1.82) is 0 Å². The molecule has 10 heteroatoms. The lowest BCUT2D eigenvalue weighted by Crippen LogP contribution is -2.23. The summed E-state index contributed by atoms with van der Waals surface area (Å²) >= 11 is 20.9. The molecule has 0 N–H and O–H groups in total. The first-order chi connectivity index (χ1) is 24.9. The van der Waals surface area contributed by atoms with Crippen molar-refractivity contribution in [3.8, 4) is 11.5 Å². The number of rotatable bonds is 10. The number of anilines is 2. The van der Waals surface area contributed by atoms with Crippen LogP contribution in [-0.4, -0.2) is 48.4 Å². The molecule has 0 radical (unpaired) electrons. The van der Waals surface area contributed by atoms with Gasteiger partial charge in [0, 0.05) is 49.6 Å². The fourth-order valence-corrected chi connectivity index (χ4v) is 8.12. The fourth-order valence-electron chi connectivity index (χ4n) is 6.25. The highest BCUT2D eigenvalue weighted by Gasteiger charge is 2.48. The van der Waals surface area contributed by atoms with E-state index in [2.05, 4.69) is 80.4 Å². The Labute approximate surface area is 331 Å². The van der Waals surface area contributed by atoms with E-state index < -0.39 is 11.6 Å². The molecule has 1 heterocycles. The summed E-state index contributed by atoms with van der Waals surface area (Å²) in [5, 5.41) is 0.445. The molecule has 6 nitrogen and oxygen atoms in total. The van der Waals surface area contributed by atoms with E-state index in [-0.39, 0.29) is 15.6 Å². The number of benzene rings is 5. The number of fused-ring (bicyclic) bond motifs is 1. The van der Waals surface area contributed by atoms with Gasteiger partial charge in [-0.05, 0) is 126 Å². The maximum absolute atomic E-state index is 14.2. The van der Waals surface area contributed by atoms with Crippen molar-refractivity contribution in [2.45, 2.75) is 5.60 Å². The monoisotopic (exact) mass is 860 g/mol. The second kappa shape index (κ2) is 15.4. The average Bonchev–Trinajstić information content (AvgIpc) is 3.45. The molecule has 0 amide bonds. The normalized spacial score (nSPS) is 15.6. The molecule has 6 rings (SSSR count). The lowest BCUT2D eigenvalue weighted by Gasteiger charge is -2.28. The van der Waals surface area contributed by atoms with Crippen LogP contribution in [0.15, 0.2) is 118 Å². The number of cyclic esters (lactones) is 1. The van der Waals surface area contributed by atoms with Gasteiger partial charge >= 0.3 is 5.97 Å². The molecule has 52 heavy (non-hydrogen) atoms. The van der Waals surface area contributed by atoms with Crippen LogP contribution in [0.3, 0.4) is 0 Å². The van der Waals surface area contributed by atoms with E-state index in [0.717, 1.165) is 44.8 Å². The number of nitrogens with zero attached hydrogens (tertiary/aromatic N) is 2. The van der Waals surface area contributed by atoms with Gasteiger partial charge in [-0.25, -0.2) is 4.79 Å². The molecule has 0 unspecified atom stereocenters. The summed E-state index contributed by atoms with van der Waals surface area (Å²) < 4.78 is 18.7. The zero-order chi connectivity index (χ0) is 37.3. The number of ether oxygens (including phenoxy) is 3. The third-order valence-electron chi connectivity index (χ3n) is 8.99. The van der Waals surface area contributed by atoms with Gasteiger partial charge < -0.3 is 24.0 Å².